The summed E-state index contributed by atoms with van der Waals surface area (Å²) >= 11 is 1.83. The molecule has 0 aliphatic carbocycles. The van der Waals surface area contributed by atoms with E-state index in [0.717, 1.165) is 33.6 Å². The van der Waals surface area contributed by atoms with Crippen molar-refractivity contribution in [2.24, 2.45) is 4.99 Å². The van der Waals surface area contributed by atoms with Crippen LogP contribution in [-0.4, -0.2) is 10.4 Å². The number of para-hydroxylation sites is 1. The predicted molar refractivity (Wildman–Crippen MR) is 188 cm³/mol. The topological polar surface area (TPSA) is 76.9 Å². The average Bonchev–Trinajstić information content (AvgIpc) is 3.67. The Hall–Kier alpha value is -6.21. The van der Waals surface area contributed by atoms with Gasteiger partial charge in [0.25, 0.3) is 0 Å². The van der Waals surface area contributed by atoms with Crippen molar-refractivity contribution >= 4 is 64.8 Å². The minimum atomic E-state index is -0.423. The molecule has 1 N–H and O–H groups in total. The fraction of sp³-hybridized carbons (Fsp3) is 0.0250. The third-order valence-corrected chi connectivity index (χ3v) is 10.0. The molecule has 1 aliphatic rings. The number of hydrogen-bond donors (Lipinski definition) is 1. The second kappa shape index (κ2) is 10.2. The minimum Gasteiger partial charge on any atom is -0.340 e. The molecule has 0 radical (unpaired) electrons. The van der Waals surface area contributed by atoms with Crippen LogP contribution in [0.4, 0.5) is 5.69 Å². The van der Waals surface area contributed by atoms with E-state index in [1.807, 2.05) is 47.7 Å². The Bertz CT molecular complexity index is 2630. The molecule has 0 bridgehead atoms. The molecule has 1 aliphatic heterocycles. The predicted octanol–water partition coefficient (Wildman–Crippen LogP) is 9.86. The van der Waals surface area contributed by atoms with E-state index >= 15 is 0 Å². The fourth-order valence-electron chi connectivity index (χ4n) is 6.88. The zero-order chi connectivity index (χ0) is 30.8. The SMILES string of the molecule is N#Cc1cc(C#N)c2c(c1)NC(c1ccccc1)=NC2c1ccc(-n2c3ccccc3c3ccc4sc5ccccc5c4c32)cc1. The molecule has 3 heterocycles. The van der Waals surface area contributed by atoms with E-state index in [9.17, 15) is 10.5 Å². The summed E-state index contributed by atoms with van der Waals surface area (Å²) in [6, 6.07) is 47.8. The molecular formula is C40H23N5S. The van der Waals surface area contributed by atoms with Gasteiger partial charge < -0.3 is 9.88 Å². The Balaban J connectivity index is 1.26. The summed E-state index contributed by atoms with van der Waals surface area (Å²) in [4.78, 5) is 5.15. The summed E-state index contributed by atoms with van der Waals surface area (Å²) in [5, 5.41) is 28.2. The van der Waals surface area contributed by atoms with Crippen molar-refractivity contribution in [1.29, 1.82) is 10.5 Å². The molecule has 6 aromatic carbocycles. The van der Waals surface area contributed by atoms with Crippen LogP contribution in [0.25, 0.3) is 47.7 Å². The first kappa shape index (κ1) is 26.2. The van der Waals surface area contributed by atoms with Crippen molar-refractivity contribution in [1.82, 2.24) is 4.57 Å². The molecular weight excluding hydrogens is 583 g/mol. The lowest BCUT2D eigenvalue weighted by Gasteiger charge is -2.27. The normalized spacial score (nSPS) is 14.1. The van der Waals surface area contributed by atoms with Gasteiger partial charge in [0.1, 0.15) is 11.9 Å². The van der Waals surface area contributed by atoms with E-state index in [-0.39, 0.29) is 0 Å². The van der Waals surface area contributed by atoms with Crippen LogP contribution in [0, 0.1) is 22.7 Å². The molecule has 1 unspecified atom stereocenters. The summed E-state index contributed by atoms with van der Waals surface area (Å²) in [5.41, 5.74) is 7.70. The lowest BCUT2D eigenvalue weighted by Crippen LogP contribution is -2.23. The van der Waals surface area contributed by atoms with E-state index < -0.39 is 6.04 Å². The maximum atomic E-state index is 10.1. The lowest BCUT2D eigenvalue weighted by atomic mass is 9.90. The third-order valence-electron chi connectivity index (χ3n) is 8.90. The number of hydrogen-bond acceptors (Lipinski definition) is 5. The number of nitriles is 2. The van der Waals surface area contributed by atoms with Crippen LogP contribution in [0.15, 0.2) is 132 Å². The fourth-order valence-corrected chi connectivity index (χ4v) is 7.99. The molecule has 0 spiro atoms. The zero-order valence-electron chi connectivity index (χ0n) is 24.4. The van der Waals surface area contributed by atoms with Gasteiger partial charge in [-0.3, -0.25) is 4.99 Å². The Labute approximate surface area is 268 Å². The molecule has 214 valence electrons. The van der Waals surface area contributed by atoms with Gasteiger partial charge in [-0.05, 0) is 48.0 Å². The molecule has 1 atom stereocenters. The highest BCUT2D eigenvalue weighted by Gasteiger charge is 2.28. The van der Waals surface area contributed by atoms with Gasteiger partial charge in [-0.2, -0.15) is 10.5 Å². The van der Waals surface area contributed by atoms with Gasteiger partial charge in [-0.25, -0.2) is 0 Å². The molecule has 0 fully saturated rings. The first-order chi connectivity index (χ1) is 22.7. The van der Waals surface area contributed by atoms with Crippen LogP contribution in [-0.2, 0) is 0 Å². The number of nitrogens with zero attached hydrogens (tertiary/aromatic N) is 4. The van der Waals surface area contributed by atoms with Crippen LogP contribution >= 0.6 is 11.3 Å². The molecule has 2 aromatic heterocycles. The number of anilines is 1. The van der Waals surface area contributed by atoms with E-state index in [0.29, 0.717) is 17.0 Å². The summed E-state index contributed by atoms with van der Waals surface area (Å²) in [5.74, 6) is 0.704. The quantitative estimate of drug-likeness (QED) is 0.218. The molecule has 0 saturated heterocycles. The highest BCUT2D eigenvalue weighted by molar-refractivity contribution is 7.26. The van der Waals surface area contributed by atoms with Gasteiger partial charge in [0.2, 0.25) is 0 Å². The second-order valence-electron chi connectivity index (χ2n) is 11.5. The lowest BCUT2D eigenvalue weighted by molar-refractivity contribution is 0.858. The standard InChI is InChI=1S/C40H23N5S/c41-22-24-20-27(23-42)36-32(21-24)43-40(26-8-2-1-3-9-26)44-38(36)25-14-16-28(17-15-25)45-33-12-6-4-10-29(33)30-18-19-35-37(39(30)45)31-11-5-7-13-34(31)46-35/h1-21,38H,(H,43,44). The smallest absolute Gasteiger partial charge is 0.133 e. The molecule has 5 nitrogen and oxygen atoms in total. The van der Waals surface area contributed by atoms with Crippen LogP contribution < -0.4 is 5.32 Å². The van der Waals surface area contributed by atoms with E-state index in [1.54, 1.807) is 6.07 Å². The van der Waals surface area contributed by atoms with Crippen LogP contribution in [0.1, 0.15) is 33.9 Å². The van der Waals surface area contributed by atoms with Gasteiger partial charge in [-0.15, -0.1) is 11.3 Å². The Morgan fingerprint density at radius 3 is 2.26 bits per heavy atom. The summed E-state index contributed by atoms with van der Waals surface area (Å²) in [6.45, 7) is 0. The van der Waals surface area contributed by atoms with Crippen molar-refractivity contribution in [2.75, 3.05) is 5.32 Å². The number of benzene rings is 6. The van der Waals surface area contributed by atoms with Crippen molar-refractivity contribution in [3.63, 3.8) is 0 Å². The van der Waals surface area contributed by atoms with Crippen LogP contribution in [0.3, 0.4) is 0 Å². The summed E-state index contributed by atoms with van der Waals surface area (Å²) in [6.07, 6.45) is 0. The van der Waals surface area contributed by atoms with E-state index in [1.165, 1.54) is 36.5 Å². The van der Waals surface area contributed by atoms with Crippen molar-refractivity contribution in [3.05, 3.63) is 155 Å². The highest BCUT2D eigenvalue weighted by atomic mass is 32.1. The third kappa shape index (κ3) is 3.88. The Morgan fingerprint density at radius 2 is 1.46 bits per heavy atom. The van der Waals surface area contributed by atoms with Crippen molar-refractivity contribution in [3.8, 4) is 17.8 Å². The van der Waals surface area contributed by atoms with Gasteiger partial charge in [0.05, 0.1) is 34.3 Å². The zero-order valence-corrected chi connectivity index (χ0v) is 25.2. The molecule has 0 saturated carbocycles. The maximum Gasteiger partial charge on any atom is 0.133 e. The number of amidine groups is 1. The van der Waals surface area contributed by atoms with Crippen molar-refractivity contribution < 1.29 is 0 Å². The largest absolute Gasteiger partial charge is 0.340 e. The van der Waals surface area contributed by atoms with Gasteiger partial charge in [-0.1, -0.05) is 84.9 Å². The second-order valence-corrected chi connectivity index (χ2v) is 12.5. The monoisotopic (exact) mass is 605 g/mol. The Kier molecular flexibility index (Phi) is 5.80. The van der Waals surface area contributed by atoms with Gasteiger partial charge >= 0.3 is 0 Å². The van der Waals surface area contributed by atoms with Crippen LogP contribution in [0.2, 0.25) is 0 Å². The van der Waals surface area contributed by atoms with Gasteiger partial charge in [0, 0.05) is 53.4 Å². The summed E-state index contributed by atoms with van der Waals surface area (Å²) in [7, 11) is 0. The Morgan fingerprint density at radius 1 is 0.696 bits per heavy atom. The van der Waals surface area contributed by atoms with Crippen molar-refractivity contribution in [2.45, 2.75) is 6.04 Å². The molecule has 9 rings (SSSR count). The van der Waals surface area contributed by atoms with Gasteiger partial charge in [0.15, 0.2) is 0 Å². The number of fused-ring (bicyclic) bond motifs is 8. The molecule has 46 heavy (non-hydrogen) atoms. The molecule has 0 amide bonds. The molecule has 8 aromatic rings. The minimum absolute atomic E-state index is 0.423. The summed E-state index contributed by atoms with van der Waals surface area (Å²) < 4.78 is 4.93. The number of aliphatic imine (C=N–C) groups is 1. The van der Waals surface area contributed by atoms with E-state index in [2.05, 4.69) is 107 Å². The first-order valence-corrected chi connectivity index (χ1v) is 15.9. The first-order valence-electron chi connectivity index (χ1n) is 15.0. The highest BCUT2D eigenvalue weighted by Crippen LogP contribution is 2.44. The average molecular weight is 606 g/mol. The number of rotatable bonds is 3. The number of thiophene rings is 1. The van der Waals surface area contributed by atoms with E-state index in [4.69, 9.17) is 4.99 Å². The maximum absolute atomic E-state index is 10.1. The van der Waals surface area contributed by atoms with Crippen LogP contribution in [0.5, 0.6) is 0 Å². The molecule has 6 heteroatoms. The number of nitrogens with one attached hydrogen (secondary N) is 1. The number of aromatic nitrogens is 1.